The van der Waals surface area contributed by atoms with Crippen molar-refractivity contribution in [3.05, 3.63) is 18.2 Å². The number of hydrogen-bond donors (Lipinski definition) is 2. The van der Waals surface area contributed by atoms with Crippen molar-refractivity contribution in [3.63, 3.8) is 0 Å². The van der Waals surface area contributed by atoms with Gasteiger partial charge >= 0.3 is 6.18 Å². The molecule has 94 valence electrons. The molecule has 1 aromatic carbocycles. The second-order valence-electron chi connectivity index (χ2n) is 4.16. The molecule has 0 radical (unpaired) electrons. The minimum absolute atomic E-state index is 0.100. The summed E-state index contributed by atoms with van der Waals surface area (Å²) in [6.07, 6.45) is -4.03. The Labute approximate surface area is 96.8 Å². The molecule has 0 saturated heterocycles. The van der Waals surface area contributed by atoms with Crippen molar-refractivity contribution in [3.8, 4) is 5.75 Å². The van der Waals surface area contributed by atoms with Gasteiger partial charge < -0.3 is 15.8 Å². The lowest BCUT2D eigenvalue weighted by molar-refractivity contribution is -0.151. The zero-order valence-corrected chi connectivity index (χ0v) is 9.27. The van der Waals surface area contributed by atoms with Crippen LogP contribution in [0.15, 0.2) is 18.2 Å². The van der Waals surface area contributed by atoms with Crippen molar-refractivity contribution < 1.29 is 17.9 Å². The summed E-state index contributed by atoms with van der Waals surface area (Å²) < 4.78 is 43.1. The van der Waals surface area contributed by atoms with E-state index in [1.54, 1.807) is 0 Å². The summed E-state index contributed by atoms with van der Waals surface area (Å²) in [6.45, 7) is 0. The first kappa shape index (κ1) is 11.9. The summed E-state index contributed by atoms with van der Waals surface area (Å²) in [5, 5.41) is 2.51. The molecule has 0 aromatic heterocycles. The van der Waals surface area contributed by atoms with E-state index in [-0.39, 0.29) is 12.8 Å². The van der Waals surface area contributed by atoms with Crippen molar-refractivity contribution >= 4 is 11.4 Å². The van der Waals surface area contributed by atoms with Gasteiger partial charge in [-0.2, -0.15) is 13.2 Å². The molecule has 1 fully saturated rings. The summed E-state index contributed by atoms with van der Waals surface area (Å²) >= 11 is 0. The molecule has 1 aliphatic rings. The van der Waals surface area contributed by atoms with E-state index in [1.165, 1.54) is 25.3 Å². The normalized spacial score (nSPS) is 17.6. The third-order valence-electron chi connectivity index (χ3n) is 2.91. The van der Waals surface area contributed by atoms with Crippen LogP contribution in [0.3, 0.4) is 0 Å². The number of nitrogens with two attached hydrogens (primary N) is 1. The number of rotatable bonds is 3. The summed E-state index contributed by atoms with van der Waals surface area (Å²) in [7, 11) is 1.42. The Morgan fingerprint density at radius 2 is 2.00 bits per heavy atom. The van der Waals surface area contributed by atoms with Gasteiger partial charge in [-0.25, -0.2) is 0 Å². The lowest BCUT2D eigenvalue weighted by atomic mass is 10.2. The average molecular weight is 246 g/mol. The molecule has 0 bridgehead atoms. The van der Waals surface area contributed by atoms with Gasteiger partial charge in [-0.15, -0.1) is 0 Å². The summed E-state index contributed by atoms with van der Waals surface area (Å²) in [4.78, 5) is 0. The molecule has 1 aromatic rings. The van der Waals surface area contributed by atoms with Crippen LogP contribution in [-0.4, -0.2) is 18.8 Å². The topological polar surface area (TPSA) is 47.3 Å². The molecule has 17 heavy (non-hydrogen) atoms. The van der Waals surface area contributed by atoms with E-state index >= 15 is 0 Å². The predicted octanol–water partition coefficient (Wildman–Crippen LogP) is 2.78. The van der Waals surface area contributed by atoms with Crippen LogP contribution in [0.25, 0.3) is 0 Å². The SMILES string of the molecule is COc1cc(NC2(C(F)(F)F)CC2)ccc1N. The van der Waals surface area contributed by atoms with Crippen LogP contribution < -0.4 is 15.8 Å². The molecule has 0 aliphatic heterocycles. The fourth-order valence-corrected chi connectivity index (χ4v) is 1.67. The molecule has 6 heteroatoms. The fraction of sp³-hybridized carbons (Fsp3) is 0.455. The first-order valence-corrected chi connectivity index (χ1v) is 5.16. The maximum Gasteiger partial charge on any atom is 0.411 e. The highest BCUT2D eigenvalue weighted by Gasteiger charge is 2.63. The molecule has 0 amide bonds. The smallest absolute Gasteiger partial charge is 0.411 e. The summed E-state index contributed by atoms with van der Waals surface area (Å²) in [6, 6.07) is 4.51. The maximum atomic E-state index is 12.7. The predicted molar refractivity (Wildman–Crippen MR) is 59.0 cm³/mol. The van der Waals surface area contributed by atoms with E-state index in [2.05, 4.69) is 5.32 Å². The van der Waals surface area contributed by atoms with Crippen LogP contribution in [0.4, 0.5) is 24.5 Å². The summed E-state index contributed by atoms with van der Waals surface area (Å²) in [5.74, 6) is 0.368. The van der Waals surface area contributed by atoms with Crippen molar-refractivity contribution in [1.29, 1.82) is 0 Å². The Hall–Kier alpha value is -1.59. The fourth-order valence-electron chi connectivity index (χ4n) is 1.67. The maximum absolute atomic E-state index is 12.7. The number of nitrogens with one attached hydrogen (secondary N) is 1. The van der Waals surface area contributed by atoms with Crippen molar-refractivity contribution in [2.45, 2.75) is 24.6 Å². The Morgan fingerprint density at radius 3 is 2.47 bits per heavy atom. The number of benzene rings is 1. The van der Waals surface area contributed by atoms with Gasteiger partial charge in [0.15, 0.2) is 0 Å². The highest BCUT2D eigenvalue weighted by molar-refractivity contribution is 5.62. The van der Waals surface area contributed by atoms with Gasteiger partial charge in [-0.3, -0.25) is 0 Å². The third-order valence-corrected chi connectivity index (χ3v) is 2.91. The van der Waals surface area contributed by atoms with Gasteiger partial charge in [-0.1, -0.05) is 0 Å². The Morgan fingerprint density at radius 1 is 1.35 bits per heavy atom. The average Bonchev–Trinajstić information content (AvgIpc) is 3.01. The molecule has 0 spiro atoms. The molecule has 1 aliphatic carbocycles. The Kier molecular flexibility index (Phi) is 2.60. The van der Waals surface area contributed by atoms with E-state index in [0.717, 1.165) is 0 Å². The molecule has 0 heterocycles. The minimum atomic E-state index is -4.23. The molecular formula is C11H13F3N2O. The van der Waals surface area contributed by atoms with E-state index in [9.17, 15) is 13.2 Å². The largest absolute Gasteiger partial charge is 0.495 e. The lowest BCUT2D eigenvalue weighted by Crippen LogP contribution is -2.38. The third kappa shape index (κ3) is 2.11. The first-order chi connectivity index (χ1) is 7.88. The van der Waals surface area contributed by atoms with Crippen molar-refractivity contribution in [2.24, 2.45) is 0 Å². The summed E-state index contributed by atoms with van der Waals surface area (Å²) in [5.41, 5.74) is 4.59. The number of anilines is 2. The quantitative estimate of drug-likeness (QED) is 0.806. The van der Waals surface area contributed by atoms with Gasteiger partial charge in [0.25, 0.3) is 0 Å². The number of hydrogen-bond acceptors (Lipinski definition) is 3. The van der Waals surface area contributed by atoms with Crippen LogP contribution in [0.1, 0.15) is 12.8 Å². The molecule has 1 saturated carbocycles. The Balaban J connectivity index is 2.20. The number of methoxy groups -OCH3 is 1. The van der Waals surface area contributed by atoms with E-state index < -0.39 is 11.7 Å². The number of halogens is 3. The van der Waals surface area contributed by atoms with Gasteiger partial charge in [-0.05, 0) is 25.0 Å². The molecule has 2 rings (SSSR count). The molecular weight excluding hydrogens is 233 g/mol. The van der Waals surface area contributed by atoms with Gasteiger partial charge in [0.1, 0.15) is 11.3 Å². The van der Waals surface area contributed by atoms with Crippen LogP contribution in [0.2, 0.25) is 0 Å². The van der Waals surface area contributed by atoms with E-state index in [4.69, 9.17) is 10.5 Å². The molecule has 3 nitrogen and oxygen atoms in total. The zero-order chi connectivity index (χ0) is 12.7. The molecule has 3 N–H and O–H groups in total. The highest BCUT2D eigenvalue weighted by atomic mass is 19.4. The number of alkyl halides is 3. The van der Waals surface area contributed by atoms with Gasteiger partial charge in [0.05, 0.1) is 12.8 Å². The van der Waals surface area contributed by atoms with E-state index in [1.807, 2.05) is 0 Å². The monoisotopic (exact) mass is 246 g/mol. The van der Waals surface area contributed by atoms with Crippen molar-refractivity contribution in [1.82, 2.24) is 0 Å². The highest BCUT2D eigenvalue weighted by Crippen LogP contribution is 2.51. The standard InChI is InChI=1S/C11H13F3N2O/c1-17-9-6-7(2-3-8(9)15)16-10(4-5-10)11(12,13)14/h2-3,6,16H,4-5,15H2,1H3. The molecule has 0 unspecified atom stereocenters. The Bertz CT molecular complexity index is 427. The lowest BCUT2D eigenvalue weighted by Gasteiger charge is -2.22. The second kappa shape index (κ2) is 3.72. The first-order valence-electron chi connectivity index (χ1n) is 5.16. The zero-order valence-electron chi connectivity index (χ0n) is 9.27. The van der Waals surface area contributed by atoms with Gasteiger partial charge in [0, 0.05) is 11.8 Å². The van der Waals surface area contributed by atoms with Crippen LogP contribution >= 0.6 is 0 Å². The minimum Gasteiger partial charge on any atom is -0.495 e. The number of ether oxygens (including phenoxy) is 1. The second-order valence-corrected chi connectivity index (χ2v) is 4.16. The number of nitrogen functional groups attached to an aromatic ring is 1. The van der Waals surface area contributed by atoms with Crippen LogP contribution in [0, 0.1) is 0 Å². The van der Waals surface area contributed by atoms with E-state index in [0.29, 0.717) is 17.1 Å². The molecule has 0 atom stereocenters. The van der Waals surface area contributed by atoms with Crippen molar-refractivity contribution in [2.75, 3.05) is 18.2 Å². The van der Waals surface area contributed by atoms with Gasteiger partial charge in [0.2, 0.25) is 0 Å². The van der Waals surface area contributed by atoms with Crippen LogP contribution in [0.5, 0.6) is 5.75 Å². The van der Waals surface area contributed by atoms with Crippen LogP contribution in [-0.2, 0) is 0 Å².